The third-order valence-electron chi connectivity index (χ3n) is 3.88. The molecule has 136 valence electrons. The lowest BCUT2D eigenvalue weighted by molar-refractivity contribution is 0.414. The van der Waals surface area contributed by atoms with Gasteiger partial charge in [-0.3, -0.25) is 0 Å². The molecule has 0 fully saturated rings. The Morgan fingerprint density at radius 2 is 1.92 bits per heavy atom. The Morgan fingerprint density at radius 1 is 1.12 bits per heavy atom. The van der Waals surface area contributed by atoms with Crippen molar-refractivity contribution in [2.24, 2.45) is 5.92 Å². The van der Waals surface area contributed by atoms with E-state index in [0.29, 0.717) is 17.3 Å². The summed E-state index contributed by atoms with van der Waals surface area (Å²) >= 11 is 1.59. The molecule has 0 spiro atoms. The van der Waals surface area contributed by atoms with Gasteiger partial charge in [0.15, 0.2) is 11.0 Å². The van der Waals surface area contributed by atoms with Crippen LogP contribution in [0.4, 0.5) is 4.39 Å². The van der Waals surface area contributed by atoms with Crippen LogP contribution in [0.3, 0.4) is 0 Å². The van der Waals surface area contributed by atoms with Crippen molar-refractivity contribution in [3.63, 3.8) is 0 Å². The zero-order valence-electron chi connectivity index (χ0n) is 15.1. The minimum atomic E-state index is -0.283. The largest absolute Gasteiger partial charge is 0.497 e. The molecule has 0 amide bonds. The molecule has 6 heteroatoms. The Labute approximate surface area is 157 Å². The summed E-state index contributed by atoms with van der Waals surface area (Å²) in [5.74, 6) is 2.26. The fourth-order valence-corrected chi connectivity index (χ4v) is 3.57. The maximum Gasteiger partial charge on any atom is 0.191 e. The molecule has 0 radical (unpaired) electrons. The standard InChI is InChI=1S/C20H22FN3OS/c1-14(2)12-24-19(17-9-4-5-10-18(17)21)22-23-20(24)26-13-15-7-6-8-16(11-15)25-3/h4-11,14H,12-13H2,1-3H3. The highest BCUT2D eigenvalue weighted by molar-refractivity contribution is 7.98. The first kappa shape index (κ1) is 18.5. The summed E-state index contributed by atoms with van der Waals surface area (Å²) in [7, 11) is 1.66. The predicted molar refractivity (Wildman–Crippen MR) is 103 cm³/mol. The van der Waals surface area contributed by atoms with Crippen LogP contribution in [0.1, 0.15) is 19.4 Å². The van der Waals surface area contributed by atoms with Gasteiger partial charge in [-0.25, -0.2) is 4.39 Å². The van der Waals surface area contributed by atoms with Gasteiger partial charge in [0, 0.05) is 12.3 Å². The van der Waals surface area contributed by atoms with Crippen molar-refractivity contribution < 1.29 is 9.13 Å². The SMILES string of the molecule is COc1cccc(CSc2nnc(-c3ccccc3F)n2CC(C)C)c1. The van der Waals surface area contributed by atoms with Gasteiger partial charge in [-0.1, -0.05) is 49.9 Å². The number of halogens is 1. The first-order chi connectivity index (χ1) is 12.6. The normalized spacial score (nSPS) is 11.1. The second-order valence-corrected chi connectivity index (χ2v) is 7.37. The van der Waals surface area contributed by atoms with Crippen molar-refractivity contribution in [2.75, 3.05) is 7.11 Å². The molecule has 4 nitrogen and oxygen atoms in total. The van der Waals surface area contributed by atoms with E-state index >= 15 is 0 Å². The van der Waals surface area contributed by atoms with Crippen LogP contribution in [-0.4, -0.2) is 21.9 Å². The molecule has 0 aliphatic rings. The van der Waals surface area contributed by atoms with Crippen LogP contribution in [0, 0.1) is 11.7 Å². The van der Waals surface area contributed by atoms with E-state index in [1.165, 1.54) is 6.07 Å². The number of rotatable bonds is 7. The van der Waals surface area contributed by atoms with E-state index in [4.69, 9.17) is 4.74 Å². The minimum absolute atomic E-state index is 0.283. The van der Waals surface area contributed by atoms with E-state index < -0.39 is 0 Å². The van der Waals surface area contributed by atoms with Crippen molar-refractivity contribution in [3.05, 3.63) is 59.9 Å². The van der Waals surface area contributed by atoms with Crippen LogP contribution < -0.4 is 4.74 Å². The highest BCUT2D eigenvalue weighted by Gasteiger charge is 2.18. The number of hydrogen-bond acceptors (Lipinski definition) is 4. The average Bonchev–Trinajstić information content (AvgIpc) is 3.02. The van der Waals surface area contributed by atoms with Crippen LogP contribution in [0.2, 0.25) is 0 Å². The molecule has 3 rings (SSSR count). The van der Waals surface area contributed by atoms with E-state index in [2.05, 4.69) is 30.1 Å². The van der Waals surface area contributed by atoms with Crippen molar-refractivity contribution in [2.45, 2.75) is 31.3 Å². The molecule has 0 bridgehead atoms. The summed E-state index contributed by atoms with van der Waals surface area (Å²) in [6, 6.07) is 14.6. The maximum atomic E-state index is 14.2. The van der Waals surface area contributed by atoms with Gasteiger partial charge in [-0.2, -0.15) is 0 Å². The molecule has 0 aliphatic heterocycles. The van der Waals surface area contributed by atoms with Crippen molar-refractivity contribution in [1.29, 1.82) is 0 Å². The summed E-state index contributed by atoms with van der Waals surface area (Å²) in [5.41, 5.74) is 1.62. The molecule has 0 aliphatic carbocycles. The van der Waals surface area contributed by atoms with Gasteiger partial charge in [0.1, 0.15) is 11.6 Å². The molecule has 0 saturated carbocycles. The Balaban J connectivity index is 1.88. The molecule has 1 heterocycles. The highest BCUT2D eigenvalue weighted by atomic mass is 32.2. The van der Waals surface area contributed by atoms with Crippen LogP contribution in [0.5, 0.6) is 5.75 Å². The lowest BCUT2D eigenvalue weighted by Gasteiger charge is -2.13. The average molecular weight is 371 g/mol. The number of hydrogen-bond donors (Lipinski definition) is 0. The van der Waals surface area contributed by atoms with Gasteiger partial charge in [-0.05, 0) is 35.7 Å². The molecule has 0 atom stereocenters. The van der Waals surface area contributed by atoms with Crippen LogP contribution in [-0.2, 0) is 12.3 Å². The number of nitrogens with zero attached hydrogens (tertiary/aromatic N) is 3. The molecule has 0 N–H and O–H groups in total. The number of ether oxygens (including phenoxy) is 1. The Hall–Kier alpha value is -2.34. The van der Waals surface area contributed by atoms with Gasteiger partial charge < -0.3 is 9.30 Å². The Morgan fingerprint density at radius 3 is 2.65 bits per heavy atom. The lowest BCUT2D eigenvalue weighted by Crippen LogP contribution is -2.08. The van der Waals surface area contributed by atoms with E-state index in [1.807, 2.05) is 28.8 Å². The van der Waals surface area contributed by atoms with Crippen LogP contribution in [0.15, 0.2) is 53.7 Å². The molecular formula is C20H22FN3OS. The summed E-state index contributed by atoms with van der Waals surface area (Å²) in [6.07, 6.45) is 0. The Bertz CT molecular complexity index is 879. The minimum Gasteiger partial charge on any atom is -0.497 e. The lowest BCUT2D eigenvalue weighted by atomic mass is 10.2. The van der Waals surface area contributed by atoms with Crippen molar-refractivity contribution >= 4 is 11.8 Å². The smallest absolute Gasteiger partial charge is 0.191 e. The molecule has 0 saturated heterocycles. The Kier molecular flexibility index (Phi) is 5.93. The number of methoxy groups -OCH3 is 1. The van der Waals surface area contributed by atoms with Gasteiger partial charge in [0.25, 0.3) is 0 Å². The van der Waals surface area contributed by atoms with E-state index in [-0.39, 0.29) is 5.82 Å². The summed E-state index contributed by atoms with van der Waals surface area (Å²) in [5, 5.41) is 9.39. The molecule has 0 unspecified atom stereocenters. The summed E-state index contributed by atoms with van der Waals surface area (Å²) in [4.78, 5) is 0. The first-order valence-electron chi connectivity index (χ1n) is 8.52. The van der Waals surface area contributed by atoms with Gasteiger partial charge in [0.05, 0.1) is 12.7 Å². The van der Waals surface area contributed by atoms with E-state index in [9.17, 15) is 4.39 Å². The van der Waals surface area contributed by atoms with Gasteiger partial charge in [0.2, 0.25) is 0 Å². The van der Waals surface area contributed by atoms with Crippen LogP contribution in [0.25, 0.3) is 11.4 Å². The fraction of sp³-hybridized carbons (Fsp3) is 0.300. The second-order valence-electron chi connectivity index (χ2n) is 6.43. The first-order valence-corrected chi connectivity index (χ1v) is 9.51. The molecular weight excluding hydrogens is 349 g/mol. The monoisotopic (exact) mass is 371 g/mol. The zero-order chi connectivity index (χ0) is 18.5. The quantitative estimate of drug-likeness (QED) is 0.546. The van der Waals surface area contributed by atoms with Crippen LogP contribution >= 0.6 is 11.8 Å². The van der Waals surface area contributed by atoms with E-state index in [1.54, 1.807) is 31.0 Å². The highest BCUT2D eigenvalue weighted by Crippen LogP contribution is 2.29. The third-order valence-corrected chi connectivity index (χ3v) is 4.92. The molecule has 2 aromatic carbocycles. The van der Waals surface area contributed by atoms with Gasteiger partial charge >= 0.3 is 0 Å². The third kappa shape index (κ3) is 4.25. The maximum absolute atomic E-state index is 14.2. The predicted octanol–water partition coefficient (Wildman–Crippen LogP) is 5.04. The van der Waals surface area contributed by atoms with Gasteiger partial charge in [-0.15, -0.1) is 10.2 Å². The molecule has 26 heavy (non-hydrogen) atoms. The summed E-state index contributed by atoms with van der Waals surface area (Å²) < 4.78 is 21.5. The molecule has 3 aromatic rings. The number of aromatic nitrogens is 3. The van der Waals surface area contributed by atoms with Crippen molar-refractivity contribution in [3.8, 4) is 17.1 Å². The summed E-state index contributed by atoms with van der Waals surface area (Å²) in [6.45, 7) is 4.99. The fourth-order valence-electron chi connectivity index (χ4n) is 2.68. The topological polar surface area (TPSA) is 39.9 Å². The zero-order valence-corrected chi connectivity index (χ0v) is 16.0. The second kappa shape index (κ2) is 8.36. The van der Waals surface area contributed by atoms with E-state index in [0.717, 1.165) is 28.8 Å². The van der Waals surface area contributed by atoms with Crippen molar-refractivity contribution in [1.82, 2.24) is 14.8 Å². The molecule has 1 aromatic heterocycles. The number of thioether (sulfide) groups is 1. The number of benzene rings is 2.